The predicted molar refractivity (Wildman–Crippen MR) is 75.0 cm³/mol. The highest BCUT2D eigenvalue weighted by molar-refractivity contribution is 6.32. The van der Waals surface area contributed by atoms with Crippen LogP contribution < -0.4 is 15.2 Å². The van der Waals surface area contributed by atoms with Crippen molar-refractivity contribution in [1.82, 2.24) is 9.78 Å². The first-order chi connectivity index (χ1) is 10.8. The van der Waals surface area contributed by atoms with E-state index in [1.165, 1.54) is 14.0 Å². The van der Waals surface area contributed by atoms with E-state index in [0.29, 0.717) is 0 Å². The fourth-order valence-corrected chi connectivity index (χ4v) is 2.20. The summed E-state index contributed by atoms with van der Waals surface area (Å²) in [6.45, 7) is -1.89. The first kappa shape index (κ1) is 16.9. The van der Waals surface area contributed by atoms with Gasteiger partial charge in [-0.3, -0.25) is 4.79 Å². The quantitative estimate of drug-likeness (QED) is 0.900. The Labute approximate surface area is 133 Å². The molecule has 2 aromatic rings. The summed E-state index contributed by atoms with van der Waals surface area (Å²) in [5.41, 5.74) is 4.35. The van der Waals surface area contributed by atoms with Crippen LogP contribution in [-0.4, -0.2) is 29.4 Å². The first-order valence-corrected chi connectivity index (χ1v) is 6.51. The van der Waals surface area contributed by atoms with Crippen molar-refractivity contribution in [2.75, 3.05) is 7.11 Å². The van der Waals surface area contributed by atoms with Gasteiger partial charge in [0, 0.05) is 6.07 Å². The number of amides is 1. The minimum atomic E-state index is -3.20. The first-order valence-electron chi connectivity index (χ1n) is 6.13. The minimum Gasteiger partial charge on any atom is -0.495 e. The van der Waals surface area contributed by atoms with Gasteiger partial charge in [0.2, 0.25) is 0 Å². The van der Waals surface area contributed by atoms with Crippen LogP contribution in [0, 0.1) is 12.7 Å². The Morgan fingerprint density at radius 2 is 2.09 bits per heavy atom. The lowest BCUT2D eigenvalue weighted by atomic mass is 10.2. The molecular formula is C13H11ClF3N3O3. The molecule has 0 saturated carbocycles. The smallest absolute Gasteiger partial charge is 0.387 e. The molecule has 0 aliphatic heterocycles. The standard InChI is InChI=1S/C13H11ClF3N3O3/c1-5-11(23-13(16)17)10(12(18)21)20(19-5)8-4-9(22-2)6(14)3-7(8)15/h3-4,13H,1-2H3,(H2,18,21). The second-order valence-corrected chi connectivity index (χ2v) is 4.76. The molecule has 6 nitrogen and oxygen atoms in total. The fraction of sp³-hybridized carbons (Fsp3) is 0.231. The Balaban J connectivity index is 2.71. The van der Waals surface area contributed by atoms with Gasteiger partial charge in [-0.2, -0.15) is 13.9 Å². The molecule has 0 spiro atoms. The van der Waals surface area contributed by atoms with E-state index in [0.717, 1.165) is 16.8 Å². The monoisotopic (exact) mass is 349 g/mol. The van der Waals surface area contributed by atoms with Crippen molar-refractivity contribution in [3.05, 3.63) is 34.4 Å². The van der Waals surface area contributed by atoms with E-state index < -0.39 is 29.8 Å². The molecule has 1 aromatic carbocycles. The molecule has 2 N–H and O–H groups in total. The molecule has 0 unspecified atom stereocenters. The highest BCUT2D eigenvalue weighted by atomic mass is 35.5. The van der Waals surface area contributed by atoms with Crippen LogP contribution in [-0.2, 0) is 0 Å². The Bertz CT molecular complexity index is 765. The summed E-state index contributed by atoms with van der Waals surface area (Å²) in [5, 5.41) is 3.83. The van der Waals surface area contributed by atoms with Gasteiger partial charge in [-0.05, 0) is 13.0 Å². The lowest BCUT2D eigenvalue weighted by Gasteiger charge is -2.10. The number of carbonyl (C=O) groups excluding carboxylic acids is 1. The molecule has 0 saturated heterocycles. The number of aryl methyl sites for hydroxylation is 1. The summed E-state index contributed by atoms with van der Waals surface area (Å²) in [6, 6.07) is 2.09. The Morgan fingerprint density at radius 1 is 1.43 bits per heavy atom. The van der Waals surface area contributed by atoms with Crippen LogP contribution in [0.25, 0.3) is 5.69 Å². The van der Waals surface area contributed by atoms with Crippen LogP contribution in [0.4, 0.5) is 13.2 Å². The van der Waals surface area contributed by atoms with Crippen molar-refractivity contribution in [1.29, 1.82) is 0 Å². The zero-order chi connectivity index (χ0) is 17.3. The number of hydrogen-bond acceptors (Lipinski definition) is 4. The average Bonchev–Trinajstić information content (AvgIpc) is 2.75. The largest absolute Gasteiger partial charge is 0.495 e. The van der Waals surface area contributed by atoms with Crippen LogP contribution in [0.2, 0.25) is 5.02 Å². The van der Waals surface area contributed by atoms with Crippen molar-refractivity contribution >= 4 is 17.5 Å². The van der Waals surface area contributed by atoms with Crippen LogP contribution >= 0.6 is 11.6 Å². The number of rotatable bonds is 5. The third-order valence-electron chi connectivity index (χ3n) is 2.90. The second-order valence-electron chi connectivity index (χ2n) is 4.36. The van der Waals surface area contributed by atoms with Gasteiger partial charge in [0.05, 0.1) is 12.1 Å². The number of carbonyl (C=O) groups is 1. The highest BCUT2D eigenvalue weighted by Gasteiger charge is 2.26. The zero-order valence-electron chi connectivity index (χ0n) is 11.9. The van der Waals surface area contributed by atoms with E-state index in [-0.39, 0.29) is 22.2 Å². The van der Waals surface area contributed by atoms with Gasteiger partial charge in [-0.1, -0.05) is 11.6 Å². The van der Waals surface area contributed by atoms with E-state index in [9.17, 15) is 18.0 Å². The Hall–Kier alpha value is -2.42. The van der Waals surface area contributed by atoms with E-state index in [2.05, 4.69) is 9.84 Å². The van der Waals surface area contributed by atoms with Crippen LogP contribution in [0.1, 0.15) is 16.2 Å². The lowest BCUT2D eigenvalue weighted by molar-refractivity contribution is -0.0506. The number of nitrogens with two attached hydrogens (primary N) is 1. The molecule has 0 radical (unpaired) electrons. The lowest BCUT2D eigenvalue weighted by Crippen LogP contribution is -2.19. The number of primary amides is 1. The molecule has 0 bridgehead atoms. The van der Waals surface area contributed by atoms with Gasteiger partial charge >= 0.3 is 6.61 Å². The Kier molecular flexibility index (Phi) is 4.69. The maximum Gasteiger partial charge on any atom is 0.387 e. The van der Waals surface area contributed by atoms with Gasteiger partial charge < -0.3 is 15.2 Å². The molecule has 124 valence electrons. The molecule has 1 amide bonds. The van der Waals surface area contributed by atoms with E-state index in [1.54, 1.807) is 0 Å². The van der Waals surface area contributed by atoms with Gasteiger partial charge in [-0.15, -0.1) is 0 Å². The van der Waals surface area contributed by atoms with Crippen LogP contribution in [0.3, 0.4) is 0 Å². The highest BCUT2D eigenvalue weighted by Crippen LogP contribution is 2.33. The second kappa shape index (κ2) is 6.37. The molecule has 0 aliphatic rings. The van der Waals surface area contributed by atoms with Crippen LogP contribution in [0.15, 0.2) is 12.1 Å². The third-order valence-corrected chi connectivity index (χ3v) is 3.19. The number of nitrogens with zero attached hydrogens (tertiary/aromatic N) is 2. The molecule has 1 aromatic heterocycles. The number of ether oxygens (including phenoxy) is 2. The number of halogens is 4. The molecule has 2 rings (SSSR count). The maximum atomic E-state index is 14.2. The van der Waals surface area contributed by atoms with E-state index in [1.807, 2.05) is 0 Å². The van der Waals surface area contributed by atoms with E-state index >= 15 is 0 Å². The average molecular weight is 350 g/mol. The van der Waals surface area contributed by atoms with Crippen molar-refractivity contribution in [2.24, 2.45) is 5.73 Å². The molecule has 0 fully saturated rings. The number of hydrogen-bond donors (Lipinski definition) is 1. The molecular weight excluding hydrogens is 339 g/mol. The predicted octanol–water partition coefficient (Wildman–Crippen LogP) is 2.68. The van der Waals surface area contributed by atoms with Gasteiger partial charge in [0.15, 0.2) is 17.3 Å². The summed E-state index contributed by atoms with van der Waals surface area (Å²) in [4.78, 5) is 11.6. The number of methoxy groups -OCH3 is 1. The topological polar surface area (TPSA) is 79.4 Å². The molecule has 1 heterocycles. The van der Waals surface area contributed by atoms with Crippen molar-refractivity contribution < 1.29 is 27.4 Å². The molecule has 10 heteroatoms. The number of alkyl halides is 2. The summed E-state index contributed by atoms with van der Waals surface area (Å²) in [6.07, 6.45) is 0. The van der Waals surface area contributed by atoms with E-state index in [4.69, 9.17) is 22.1 Å². The Morgan fingerprint density at radius 3 is 2.61 bits per heavy atom. The summed E-state index contributed by atoms with van der Waals surface area (Å²) < 4.78 is 49.1. The molecule has 0 atom stereocenters. The number of benzene rings is 1. The van der Waals surface area contributed by atoms with Gasteiger partial charge in [-0.25, -0.2) is 9.07 Å². The van der Waals surface area contributed by atoms with Gasteiger partial charge in [0.25, 0.3) is 5.91 Å². The van der Waals surface area contributed by atoms with Crippen molar-refractivity contribution in [3.63, 3.8) is 0 Å². The molecule has 23 heavy (non-hydrogen) atoms. The summed E-state index contributed by atoms with van der Waals surface area (Å²) in [5.74, 6) is -2.40. The molecule has 0 aliphatic carbocycles. The zero-order valence-corrected chi connectivity index (χ0v) is 12.7. The summed E-state index contributed by atoms with van der Waals surface area (Å²) >= 11 is 5.79. The third kappa shape index (κ3) is 3.19. The van der Waals surface area contributed by atoms with Crippen molar-refractivity contribution in [3.8, 4) is 17.2 Å². The number of aromatic nitrogens is 2. The maximum absolute atomic E-state index is 14.2. The van der Waals surface area contributed by atoms with Crippen molar-refractivity contribution in [2.45, 2.75) is 13.5 Å². The van der Waals surface area contributed by atoms with Crippen LogP contribution in [0.5, 0.6) is 11.5 Å². The fourth-order valence-electron chi connectivity index (χ4n) is 1.97. The minimum absolute atomic E-state index is 0.0118. The summed E-state index contributed by atoms with van der Waals surface area (Å²) in [7, 11) is 1.30. The normalized spacial score (nSPS) is 10.9. The van der Waals surface area contributed by atoms with Gasteiger partial charge in [0.1, 0.15) is 17.1 Å². The SMILES string of the molecule is COc1cc(-n2nc(C)c(OC(F)F)c2C(N)=O)c(F)cc1Cl.